The van der Waals surface area contributed by atoms with Crippen molar-refractivity contribution in [1.29, 1.82) is 0 Å². The lowest BCUT2D eigenvalue weighted by Crippen LogP contribution is -2.48. The summed E-state index contributed by atoms with van der Waals surface area (Å²) in [6, 6.07) is 0. The first-order valence-electron chi connectivity index (χ1n) is 10.1. The van der Waals surface area contributed by atoms with Crippen LogP contribution in [0.1, 0.15) is 57.7 Å². The van der Waals surface area contributed by atoms with Gasteiger partial charge in [0.1, 0.15) is 17.8 Å². The molecular formula is C19H31N5O3. The van der Waals surface area contributed by atoms with Gasteiger partial charge in [0.25, 0.3) is 0 Å². The van der Waals surface area contributed by atoms with Crippen molar-refractivity contribution in [3.05, 3.63) is 12.2 Å². The molecule has 2 amide bonds. The Morgan fingerprint density at radius 2 is 2.04 bits per heavy atom. The second kappa shape index (κ2) is 8.71. The number of nitrogens with zero attached hydrogens (tertiary/aromatic N) is 5. The Hall–Kier alpha value is -2.12. The maximum absolute atomic E-state index is 12.5. The first-order chi connectivity index (χ1) is 13.0. The summed E-state index contributed by atoms with van der Waals surface area (Å²) in [5.74, 6) is 0.953. The fourth-order valence-corrected chi connectivity index (χ4v) is 3.93. The lowest BCUT2D eigenvalue weighted by Gasteiger charge is -2.37. The highest BCUT2D eigenvalue weighted by molar-refractivity contribution is 5.76. The lowest BCUT2D eigenvalue weighted by molar-refractivity contribution is -0.134. The average molecular weight is 377 g/mol. The van der Waals surface area contributed by atoms with E-state index in [-0.39, 0.29) is 12.0 Å². The highest BCUT2D eigenvalue weighted by atomic mass is 16.6. The first kappa shape index (κ1) is 19.6. The molecule has 8 heteroatoms. The van der Waals surface area contributed by atoms with Crippen molar-refractivity contribution in [3.8, 4) is 0 Å². The number of carbonyl (C=O) groups excluding carboxylic acids is 2. The number of hydrogen-bond donors (Lipinski definition) is 0. The molecule has 0 aromatic carbocycles. The van der Waals surface area contributed by atoms with Crippen LogP contribution in [0.5, 0.6) is 0 Å². The van der Waals surface area contributed by atoms with Gasteiger partial charge in [0.15, 0.2) is 0 Å². The number of unbranched alkanes of at least 4 members (excludes halogenated alkanes) is 3. The molecule has 0 saturated carbocycles. The molecule has 150 valence electrons. The van der Waals surface area contributed by atoms with Gasteiger partial charge >= 0.3 is 6.09 Å². The van der Waals surface area contributed by atoms with E-state index >= 15 is 0 Å². The van der Waals surface area contributed by atoms with Gasteiger partial charge in [-0.1, -0.05) is 26.2 Å². The molecule has 3 heterocycles. The Balaban J connectivity index is 1.43. The maximum Gasteiger partial charge on any atom is 0.410 e. The van der Waals surface area contributed by atoms with E-state index in [1.54, 1.807) is 6.33 Å². The quantitative estimate of drug-likeness (QED) is 0.649. The predicted octanol–water partition coefficient (Wildman–Crippen LogP) is 2.14. The lowest BCUT2D eigenvalue weighted by atomic mass is 9.91. The summed E-state index contributed by atoms with van der Waals surface area (Å²) in [7, 11) is 1.88. The summed E-state index contributed by atoms with van der Waals surface area (Å²) in [5, 5.41) is 7.86. The molecule has 0 aliphatic carbocycles. The van der Waals surface area contributed by atoms with Gasteiger partial charge in [0, 0.05) is 52.4 Å². The number of ether oxygens (including phenoxy) is 1. The molecule has 27 heavy (non-hydrogen) atoms. The number of piperidine rings is 1. The van der Waals surface area contributed by atoms with Gasteiger partial charge in [-0.05, 0) is 6.42 Å². The van der Waals surface area contributed by atoms with Gasteiger partial charge in [-0.15, -0.1) is 10.2 Å². The van der Waals surface area contributed by atoms with E-state index in [4.69, 9.17) is 4.74 Å². The molecule has 1 spiro atoms. The van der Waals surface area contributed by atoms with E-state index in [0.717, 1.165) is 38.1 Å². The van der Waals surface area contributed by atoms with Crippen molar-refractivity contribution in [2.45, 2.75) is 63.9 Å². The second-order valence-electron chi connectivity index (χ2n) is 7.77. The van der Waals surface area contributed by atoms with Crippen LogP contribution < -0.4 is 0 Å². The van der Waals surface area contributed by atoms with Gasteiger partial charge in [-0.3, -0.25) is 4.79 Å². The molecule has 0 atom stereocenters. The zero-order valence-corrected chi connectivity index (χ0v) is 16.5. The third-order valence-corrected chi connectivity index (χ3v) is 5.72. The van der Waals surface area contributed by atoms with Crippen LogP contribution in [-0.2, 0) is 23.0 Å². The van der Waals surface area contributed by atoms with Gasteiger partial charge in [0.05, 0.1) is 6.54 Å². The Bertz CT molecular complexity index is 652. The number of aryl methyl sites for hydroxylation is 2. The van der Waals surface area contributed by atoms with E-state index in [9.17, 15) is 9.59 Å². The summed E-state index contributed by atoms with van der Waals surface area (Å²) in [6.45, 7) is 4.92. The minimum atomic E-state index is -0.401. The molecule has 0 unspecified atom stereocenters. The molecule has 2 fully saturated rings. The highest BCUT2D eigenvalue weighted by Gasteiger charge is 2.47. The monoisotopic (exact) mass is 377 g/mol. The summed E-state index contributed by atoms with van der Waals surface area (Å²) < 4.78 is 7.59. The van der Waals surface area contributed by atoms with Crippen LogP contribution in [-0.4, -0.2) is 68.3 Å². The Kier molecular flexibility index (Phi) is 6.34. The van der Waals surface area contributed by atoms with Gasteiger partial charge in [0.2, 0.25) is 5.91 Å². The zero-order chi connectivity index (χ0) is 19.3. The maximum atomic E-state index is 12.5. The minimum Gasteiger partial charge on any atom is -0.441 e. The SMILES string of the molecule is CCCCCCN1CC2(CCN(C(=O)CCc3nncn3C)CC2)OC1=O. The largest absolute Gasteiger partial charge is 0.441 e. The molecular weight excluding hydrogens is 346 g/mol. The molecule has 3 rings (SSSR count). The van der Waals surface area contributed by atoms with Gasteiger partial charge in [-0.25, -0.2) is 4.79 Å². The van der Waals surface area contributed by atoms with Crippen LogP contribution in [0.15, 0.2) is 6.33 Å². The molecule has 0 N–H and O–H groups in total. The minimum absolute atomic E-state index is 0.133. The van der Waals surface area contributed by atoms with Gasteiger partial charge < -0.3 is 19.1 Å². The zero-order valence-electron chi connectivity index (χ0n) is 16.5. The first-order valence-corrected chi connectivity index (χ1v) is 10.1. The standard InChI is InChI=1S/C19H31N5O3/c1-3-4-5-6-11-24-14-19(27-18(24)26)9-12-23(13-10-19)17(25)8-7-16-21-20-15-22(16)2/h15H,3-14H2,1-2H3. The number of rotatable bonds is 8. The van der Waals surface area contributed by atoms with E-state index < -0.39 is 5.60 Å². The fourth-order valence-electron chi connectivity index (χ4n) is 3.93. The van der Waals surface area contributed by atoms with Crippen LogP contribution in [0.2, 0.25) is 0 Å². The fraction of sp³-hybridized carbons (Fsp3) is 0.789. The summed E-state index contributed by atoms with van der Waals surface area (Å²) in [4.78, 5) is 28.4. The number of hydrogen-bond acceptors (Lipinski definition) is 5. The molecule has 0 bridgehead atoms. The Labute approximate surface area is 160 Å². The number of amides is 2. The smallest absolute Gasteiger partial charge is 0.410 e. The van der Waals surface area contributed by atoms with Crippen LogP contribution in [0.25, 0.3) is 0 Å². The summed E-state index contributed by atoms with van der Waals surface area (Å²) in [5.41, 5.74) is -0.401. The number of carbonyl (C=O) groups is 2. The topological polar surface area (TPSA) is 80.6 Å². The summed E-state index contributed by atoms with van der Waals surface area (Å²) in [6.07, 6.45) is 8.52. The van der Waals surface area contributed by atoms with Gasteiger partial charge in [-0.2, -0.15) is 0 Å². The normalized spacial score (nSPS) is 19.0. The average Bonchev–Trinajstić information content (AvgIpc) is 3.20. The molecule has 1 aromatic heterocycles. The van der Waals surface area contributed by atoms with Crippen molar-refractivity contribution < 1.29 is 14.3 Å². The molecule has 1 aromatic rings. The number of likely N-dealkylation sites (tertiary alicyclic amines) is 1. The third kappa shape index (κ3) is 4.78. The predicted molar refractivity (Wildman–Crippen MR) is 100 cm³/mol. The van der Waals surface area contributed by atoms with Crippen molar-refractivity contribution >= 4 is 12.0 Å². The van der Waals surface area contributed by atoms with E-state index in [2.05, 4.69) is 17.1 Å². The Morgan fingerprint density at radius 3 is 2.70 bits per heavy atom. The van der Waals surface area contributed by atoms with Crippen LogP contribution >= 0.6 is 0 Å². The van der Waals surface area contributed by atoms with Crippen molar-refractivity contribution in [2.75, 3.05) is 26.2 Å². The van der Waals surface area contributed by atoms with E-state index in [0.29, 0.717) is 32.5 Å². The molecule has 2 saturated heterocycles. The highest BCUT2D eigenvalue weighted by Crippen LogP contribution is 2.33. The molecule has 2 aliphatic heterocycles. The molecule has 2 aliphatic rings. The summed E-state index contributed by atoms with van der Waals surface area (Å²) >= 11 is 0. The van der Waals surface area contributed by atoms with Crippen LogP contribution in [0, 0.1) is 0 Å². The van der Waals surface area contributed by atoms with Crippen molar-refractivity contribution in [2.24, 2.45) is 7.05 Å². The second-order valence-corrected chi connectivity index (χ2v) is 7.77. The molecule has 0 radical (unpaired) electrons. The third-order valence-electron chi connectivity index (χ3n) is 5.72. The van der Waals surface area contributed by atoms with E-state index in [1.165, 1.54) is 12.8 Å². The Morgan fingerprint density at radius 1 is 1.26 bits per heavy atom. The number of aromatic nitrogens is 3. The van der Waals surface area contributed by atoms with Crippen molar-refractivity contribution in [1.82, 2.24) is 24.6 Å². The van der Waals surface area contributed by atoms with Crippen LogP contribution in [0.3, 0.4) is 0 Å². The van der Waals surface area contributed by atoms with Crippen molar-refractivity contribution in [3.63, 3.8) is 0 Å². The van der Waals surface area contributed by atoms with Crippen LogP contribution in [0.4, 0.5) is 4.79 Å². The van der Waals surface area contributed by atoms with E-state index in [1.807, 2.05) is 21.4 Å². The molecule has 8 nitrogen and oxygen atoms in total.